The summed E-state index contributed by atoms with van der Waals surface area (Å²) in [6, 6.07) is 9.54. The van der Waals surface area contributed by atoms with Crippen LogP contribution in [0.2, 0.25) is 0 Å². The lowest BCUT2D eigenvalue weighted by Gasteiger charge is -2.26. The molecule has 18 heavy (non-hydrogen) atoms. The summed E-state index contributed by atoms with van der Waals surface area (Å²) in [4.78, 5) is 15.9. The van der Waals surface area contributed by atoms with E-state index >= 15 is 0 Å². The summed E-state index contributed by atoms with van der Waals surface area (Å²) in [7, 11) is 3.99. The second-order valence-corrected chi connectivity index (χ2v) is 4.84. The van der Waals surface area contributed by atoms with Crippen LogP contribution in [0.25, 0.3) is 0 Å². The Bertz CT molecular complexity index is 363. The minimum Gasteiger partial charge on any atom is -0.336 e. The van der Waals surface area contributed by atoms with Gasteiger partial charge in [-0.15, -0.1) is 0 Å². The van der Waals surface area contributed by atoms with Crippen LogP contribution in [-0.2, 0) is 11.3 Å². The van der Waals surface area contributed by atoms with E-state index in [9.17, 15) is 4.79 Å². The third kappa shape index (κ3) is 4.85. The predicted molar refractivity (Wildman–Crippen MR) is 74.1 cm³/mol. The number of amides is 1. The normalized spacial score (nSPS) is 12.5. The monoisotopic (exact) mass is 249 g/mol. The fraction of sp³-hybridized carbons (Fsp3) is 0.500. The van der Waals surface area contributed by atoms with E-state index in [1.807, 2.05) is 49.3 Å². The van der Waals surface area contributed by atoms with Crippen molar-refractivity contribution in [2.45, 2.75) is 19.5 Å². The van der Waals surface area contributed by atoms with Gasteiger partial charge >= 0.3 is 0 Å². The standard InChI is InChI=1S/C14H23N3O/c1-12(15)14(18)17(10-9-16(2)3)11-13-7-5-4-6-8-13/h4-8,12H,9-11,15H2,1-3H3/t12-/m0/s1. The molecule has 0 radical (unpaired) electrons. The van der Waals surface area contributed by atoms with Gasteiger partial charge in [0.05, 0.1) is 6.04 Å². The highest BCUT2D eigenvalue weighted by Crippen LogP contribution is 2.05. The van der Waals surface area contributed by atoms with Crippen molar-refractivity contribution in [3.8, 4) is 0 Å². The van der Waals surface area contributed by atoms with Crippen molar-refractivity contribution in [3.05, 3.63) is 35.9 Å². The smallest absolute Gasteiger partial charge is 0.239 e. The Hall–Kier alpha value is -1.39. The lowest BCUT2D eigenvalue weighted by atomic mass is 10.2. The molecule has 0 saturated carbocycles. The Balaban J connectivity index is 2.68. The van der Waals surface area contributed by atoms with E-state index in [1.165, 1.54) is 0 Å². The Morgan fingerprint density at radius 3 is 2.33 bits per heavy atom. The maximum absolute atomic E-state index is 12.0. The third-order valence-corrected chi connectivity index (χ3v) is 2.73. The maximum atomic E-state index is 12.0. The van der Waals surface area contributed by atoms with Crippen LogP contribution < -0.4 is 5.73 Å². The van der Waals surface area contributed by atoms with Gasteiger partial charge in [0, 0.05) is 19.6 Å². The number of carbonyl (C=O) groups excluding carboxylic acids is 1. The first-order chi connectivity index (χ1) is 8.50. The molecule has 2 N–H and O–H groups in total. The van der Waals surface area contributed by atoms with Gasteiger partial charge in [0.1, 0.15) is 0 Å². The van der Waals surface area contributed by atoms with Gasteiger partial charge in [-0.25, -0.2) is 0 Å². The number of carbonyl (C=O) groups is 1. The van der Waals surface area contributed by atoms with Crippen molar-refractivity contribution in [2.75, 3.05) is 27.2 Å². The number of hydrogen-bond acceptors (Lipinski definition) is 3. The number of benzene rings is 1. The number of nitrogens with zero attached hydrogens (tertiary/aromatic N) is 2. The maximum Gasteiger partial charge on any atom is 0.239 e. The van der Waals surface area contributed by atoms with Crippen LogP contribution in [0.1, 0.15) is 12.5 Å². The summed E-state index contributed by atoms with van der Waals surface area (Å²) in [6.45, 7) is 3.89. The van der Waals surface area contributed by atoms with Crippen molar-refractivity contribution in [1.29, 1.82) is 0 Å². The van der Waals surface area contributed by atoms with E-state index in [-0.39, 0.29) is 5.91 Å². The summed E-state index contributed by atoms with van der Waals surface area (Å²) in [5.41, 5.74) is 6.82. The van der Waals surface area contributed by atoms with Crippen molar-refractivity contribution in [2.24, 2.45) is 5.73 Å². The quantitative estimate of drug-likeness (QED) is 0.816. The fourth-order valence-electron chi connectivity index (χ4n) is 1.68. The second kappa shape index (κ2) is 7.13. The van der Waals surface area contributed by atoms with Gasteiger partial charge in [-0.05, 0) is 26.6 Å². The van der Waals surface area contributed by atoms with Gasteiger partial charge in [-0.2, -0.15) is 0 Å². The lowest BCUT2D eigenvalue weighted by Crippen LogP contribution is -2.44. The van der Waals surface area contributed by atoms with Gasteiger partial charge in [-0.1, -0.05) is 30.3 Å². The number of nitrogens with two attached hydrogens (primary N) is 1. The van der Waals surface area contributed by atoms with Crippen molar-refractivity contribution in [3.63, 3.8) is 0 Å². The first-order valence-electron chi connectivity index (χ1n) is 6.23. The summed E-state index contributed by atoms with van der Waals surface area (Å²) >= 11 is 0. The van der Waals surface area contributed by atoms with Crippen LogP contribution in [0, 0.1) is 0 Å². The highest BCUT2D eigenvalue weighted by Gasteiger charge is 2.17. The molecule has 0 bridgehead atoms. The van der Waals surface area contributed by atoms with Crippen LogP contribution in [0.4, 0.5) is 0 Å². The Kier molecular flexibility index (Phi) is 5.82. The minimum absolute atomic E-state index is 0.000651. The molecule has 0 aliphatic heterocycles. The van der Waals surface area contributed by atoms with Crippen molar-refractivity contribution in [1.82, 2.24) is 9.80 Å². The summed E-state index contributed by atoms with van der Waals surface area (Å²) in [5, 5.41) is 0. The topological polar surface area (TPSA) is 49.6 Å². The highest BCUT2D eigenvalue weighted by molar-refractivity contribution is 5.81. The molecule has 0 aromatic heterocycles. The van der Waals surface area contributed by atoms with Gasteiger partial charge in [0.2, 0.25) is 5.91 Å². The van der Waals surface area contributed by atoms with Gasteiger partial charge < -0.3 is 15.5 Å². The molecule has 100 valence electrons. The molecule has 0 spiro atoms. The molecule has 1 aromatic rings. The molecule has 0 saturated heterocycles. The highest BCUT2D eigenvalue weighted by atomic mass is 16.2. The molecule has 1 amide bonds. The minimum atomic E-state index is -0.448. The van der Waals surface area contributed by atoms with Crippen molar-refractivity contribution < 1.29 is 4.79 Å². The van der Waals surface area contributed by atoms with Crippen LogP contribution >= 0.6 is 0 Å². The Morgan fingerprint density at radius 1 is 1.22 bits per heavy atom. The third-order valence-electron chi connectivity index (χ3n) is 2.73. The average Bonchev–Trinajstić information content (AvgIpc) is 2.34. The number of hydrogen-bond donors (Lipinski definition) is 1. The van der Waals surface area contributed by atoms with E-state index < -0.39 is 6.04 Å². The SMILES string of the molecule is C[C@H](N)C(=O)N(CCN(C)C)Cc1ccccc1. The first kappa shape index (κ1) is 14.7. The van der Waals surface area contributed by atoms with E-state index in [4.69, 9.17) is 5.73 Å². The Morgan fingerprint density at radius 2 is 1.83 bits per heavy atom. The molecule has 0 aliphatic carbocycles. The average molecular weight is 249 g/mol. The molecule has 1 rings (SSSR count). The predicted octanol–water partition coefficient (Wildman–Crippen LogP) is 0.924. The zero-order valence-corrected chi connectivity index (χ0v) is 11.5. The van der Waals surface area contributed by atoms with Crippen LogP contribution in [-0.4, -0.2) is 48.9 Å². The van der Waals surface area contributed by atoms with Crippen LogP contribution in [0.5, 0.6) is 0 Å². The molecule has 0 fully saturated rings. The zero-order chi connectivity index (χ0) is 13.5. The van der Waals surface area contributed by atoms with E-state index in [2.05, 4.69) is 4.90 Å². The number of likely N-dealkylation sites (N-methyl/N-ethyl adjacent to an activating group) is 1. The van der Waals surface area contributed by atoms with Gasteiger partial charge in [-0.3, -0.25) is 4.79 Å². The molecule has 4 heteroatoms. The van der Waals surface area contributed by atoms with Gasteiger partial charge in [0.25, 0.3) is 0 Å². The lowest BCUT2D eigenvalue weighted by molar-refractivity contribution is -0.133. The molecule has 0 heterocycles. The van der Waals surface area contributed by atoms with Crippen LogP contribution in [0.15, 0.2) is 30.3 Å². The fourth-order valence-corrected chi connectivity index (χ4v) is 1.68. The molecule has 0 unspecified atom stereocenters. The molecular weight excluding hydrogens is 226 g/mol. The summed E-state index contributed by atoms with van der Waals surface area (Å²) in [6.07, 6.45) is 0. The Labute approximate surface area is 109 Å². The second-order valence-electron chi connectivity index (χ2n) is 4.84. The van der Waals surface area contributed by atoms with E-state index in [0.717, 1.165) is 12.1 Å². The molecule has 1 atom stereocenters. The zero-order valence-electron chi connectivity index (χ0n) is 11.5. The van der Waals surface area contributed by atoms with E-state index in [0.29, 0.717) is 13.1 Å². The van der Waals surface area contributed by atoms with Crippen LogP contribution in [0.3, 0.4) is 0 Å². The summed E-state index contributed by atoms with van der Waals surface area (Å²) < 4.78 is 0. The first-order valence-corrected chi connectivity index (χ1v) is 6.23. The molecule has 4 nitrogen and oxygen atoms in total. The van der Waals surface area contributed by atoms with Crippen molar-refractivity contribution >= 4 is 5.91 Å². The molecule has 1 aromatic carbocycles. The molecule has 0 aliphatic rings. The molecular formula is C14H23N3O. The number of rotatable bonds is 6. The largest absolute Gasteiger partial charge is 0.336 e. The van der Waals surface area contributed by atoms with Gasteiger partial charge in [0.15, 0.2) is 0 Å². The summed E-state index contributed by atoms with van der Waals surface area (Å²) in [5.74, 6) is 0.000651. The van der Waals surface area contributed by atoms with E-state index in [1.54, 1.807) is 6.92 Å².